The van der Waals surface area contributed by atoms with Crippen molar-refractivity contribution in [2.24, 2.45) is 0 Å². The highest BCUT2D eigenvalue weighted by molar-refractivity contribution is 6.19. The first-order chi connectivity index (χ1) is 28.3. The van der Waals surface area contributed by atoms with Gasteiger partial charge in [0.2, 0.25) is 0 Å². The van der Waals surface area contributed by atoms with Crippen LogP contribution in [0.3, 0.4) is 0 Å². The molecule has 3 heteroatoms. The largest absolute Gasteiger partial charge is 0.455 e. The number of nitrogens with zero attached hydrogens (tertiary/aromatic N) is 1. The van der Waals surface area contributed by atoms with E-state index >= 15 is 0 Å². The van der Waals surface area contributed by atoms with Crippen LogP contribution in [0.4, 0.5) is 17.1 Å². The van der Waals surface area contributed by atoms with Crippen molar-refractivity contribution in [1.29, 1.82) is 0 Å². The van der Waals surface area contributed by atoms with Crippen LogP contribution in [0.2, 0.25) is 0 Å². The van der Waals surface area contributed by atoms with E-state index in [9.17, 15) is 0 Å². The third-order valence-corrected chi connectivity index (χ3v) is 11.1. The van der Waals surface area contributed by atoms with Crippen LogP contribution in [0.25, 0.3) is 88.4 Å². The van der Waals surface area contributed by atoms with Crippen LogP contribution in [0.1, 0.15) is 0 Å². The Morgan fingerprint density at radius 2 is 0.807 bits per heavy atom. The number of benzene rings is 9. The molecule has 0 fully saturated rings. The lowest BCUT2D eigenvalue weighted by atomic mass is 9.98. The van der Waals surface area contributed by atoms with Gasteiger partial charge in [-0.15, -0.1) is 0 Å². The van der Waals surface area contributed by atoms with Gasteiger partial charge in [-0.3, -0.25) is 0 Å². The molecule has 0 aliphatic heterocycles. The zero-order chi connectivity index (χ0) is 37.7. The number of para-hydroxylation sites is 1. The molecule has 0 atom stereocenters. The Morgan fingerprint density at radius 1 is 0.298 bits per heavy atom. The molecule has 0 N–H and O–H groups in total. The minimum atomic E-state index is 0.822. The predicted octanol–water partition coefficient (Wildman–Crippen LogP) is 15.6. The summed E-state index contributed by atoms with van der Waals surface area (Å²) in [5.74, 6) is 0. The Labute approximate surface area is 330 Å². The Bertz CT molecular complexity index is 3220. The fourth-order valence-corrected chi connectivity index (χ4v) is 8.34. The highest BCUT2D eigenvalue weighted by Gasteiger charge is 2.25. The minimum absolute atomic E-state index is 0.822. The maximum atomic E-state index is 7.00. The monoisotopic (exact) mass is 729 g/mol. The second kappa shape index (κ2) is 13.6. The van der Waals surface area contributed by atoms with Crippen LogP contribution in [-0.4, -0.2) is 0 Å². The van der Waals surface area contributed by atoms with Crippen LogP contribution < -0.4 is 4.90 Å². The molecule has 0 amide bonds. The maximum absolute atomic E-state index is 7.00. The third kappa shape index (κ3) is 5.68. The summed E-state index contributed by atoms with van der Waals surface area (Å²) in [4.78, 5) is 2.35. The van der Waals surface area contributed by atoms with E-state index < -0.39 is 0 Å². The van der Waals surface area contributed by atoms with E-state index in [0.29, 0.717) is 0 Å². The van der Waals surface area contributed by atoms with E-state index in [1.54, 1.807) is 0 Å². The number of rotatable bonds is 7. The van der Waals surface area contributed by atoms with Gasteiger partial charge < -0.3 is 13.7 Å². The molecule has 0 unspecified atom stereocenters. The predicted molar refractivity (Wildman–Crippen MR) is 237 cm³/mol. The lowest BCUT2D eigenvalue weighted by Gasteiger charge is -2.27. The molecule has 11 rings (SSSR count). The molecule has 0 aliphatic carbocycles. The topological polar surface area (TPSA) is 29.5 Å². The average Bonchev–Trinajstić information content (AvgIpc) is 3.87. The fourth-order valence-electron chi connectivity index (χ4n) is 8.34. The smallest absolute Gasteiger partial charge is 0.159 e. The van der Waals surface area contributed by atoms with Crippen molar-refractivity contribution >= 4 is 60.9 Å². The summed E-state index contributed by atoms with van der Waals surface area (Å²) < 4.78 is 14.0. The van der Waals surface area contributed by atoms with Crippen molar-refractivity contribution in [3.8, 4) is 44.5 Å². The molecule has 0 saturated heterocycles. The lowest BCUT2D eigenvalue weighted by Crippen LogP contribution is -2.11. The summed E-state index contributed by atoms with van der Waals surface area (Å²) in [5, 5.41) is 4.23. The van der Waals surface area contributed by atoms with E-state index in [0.717, 1.165) is 105 Å². The molecule has 3 nitrogen and oxygen atoms in total. The van der Waals surface area contributed by atoms with Gasteiger partial charge in [0.25, 0.3) is 0 Å². The summed E-state index contributed by atoms with van der Waals surface area (Å²) in [6, 6.07) is 74.9. The van der Waals surface area contributed by atoms with Gasteiger partial charge in [-0.25, -0.2) is 0 Å². The summed E-state index contributed by atoms with van der Waals surface area (Å²) in [7, 11) is 0. The zero-order valence-corrected chi connectivity index (χ0v) is 31.0. The standard InChI is InChI=1S/C54H35NO2/c1-5-15-36(16-6-1)40-23-13-24-43(33-40)55(49-26-14-25-46-45-29-27-41(34-50(45)56-53(46)49)37-17-7-2-8-18-37)48-32-31-44(39-21-11-4-12-22-39)54-52(48)47-30-28-42(35-51(47)57-54)38-19-9-3-10-20-38/h1-35H. The highest BCUT2D eigenvalue weighted by atomic mass is 16.3. The van der Waals surface area contributed by atoms with Crippen molar-refractivity contribution < 1.29 is 8.83 Å². The van der Waals surface area contributed by atoms with Crippen LogP contribution in [0.15, 0.2) is 221 Å². The van der Waals surface area contributed by atoms with Crippen LogP contribution >= 0.6 is 0 Å². The molecular weight excluding hydrogens is 695 g/mol. The van der Waals surface area contributed by atoms with Crippen molar-refractivity contribution in [2.75, 3.05) is 4.90 Å². The Kier molecular flexibility index (Phi) is 7.82. The van der Waals surface area contributed by atoms with Crippen molar-refractivity contribution in [1.82, 2.24) is 0 Å². The fraction of sp³-hybridized carbons (Fsp3) is 0. The zero-order valence-electron chi connectivity index (χ0n) is 31.0. The Morgan fingerprint density at radius 3 is 1.44 bits per heavy atom. The Balaban J connectivity index is 1.20. The lowest BCUT2D eigenvalue weighted by molar-refractivity contribution is 0.668. The molecule has 11 aromatic rings. The van der Waals surface area contributed by atoms with Crippen molar-refractivity contribution in [3.05, 3.63) is 212 Å². The van der Waals surface area contributed by atoms with E-state index in [2.05, 4.69) is 205 Å². The summed E-state index contributed by atoms with van der Waals surface area (Å²) >= 11 is 0. The molecule has 268 valence electrons. The van der Waals surface area contributed by atoms with Gasteiger partial charge in [0, 0.05) is 27.4 Å². The first-order valence-corrected chi connectivity index (χ1v) is 19.3. The molecule has 9 aromatic carbocycles. The summed E-state index contributed by atoms with van der Waals surface area (Å²) in [5.41, 5.74) is 15.3. The minimum Gasteiger partial charge on any atom is -0.455 e. The summed E-state index contributed by atoms with van der Waals surface area (Å²) in [6.45, 7) is 0. The Hall–Kier alpha value is -7.62. The first-order valence-electron chi connectivity index (χ1n) is 19.3. The molecular formula is C54H35NO2. The van der Waals surface area contributed by atoms with Crippen LogP contribution in [0, 0.1) is 0 Å². The van der Waals surface area contributed by atoms with E-state index in [-0.39, 0.29) is 0 Å². The number of fused-ring (bicyclic) bond motifs is 6. The third-order valence-electron chi connectivity index (χ3n) is 11.1. The second-order valence-electron chi connectivity index (χ2n) is 14.5. The molecule has 2 aromatic heterocycles. The van der Waals surface area contributed by atoms with Gasteiger partial charge >= 0.3 is 0 Å². The van der Waals surface area contributed by atoms with Gasteiger partial charge in [-0.1, -0.05) is 158 Å². The van der Waals surface area contributed by atoms with Crippen molar-refractivity contribution in [3.63, 3.8) is 0 Å². The van der Waals surface area contributed by atoms with Gasteiger partial charge in [0.05, 0.1) is 16.8 Å². The molecule has 0 bridgehead atoms. The summed E-state index contributed by atoms with van der Waals surface area (Å²) in [6.07, 6.45) is 0. The molecule has 57 heavy (non-hydrogen) atoms. The SMILES string of the molecule is c1ccc(-c2cccc(N(c3cccc4c3oc3cc(-c5ccccc5)ccc34)c3ccc(-c4ccccc4)c4oc5cc(-c6ccccc6)ccc5c34)c2)cc1. The second-order valence-corrected chi connectivity index (χ2v) is 14.5. The average molecular weight is 730 g/mol. The number of hydrogen-bond acceptors (Lipinski definition) is 3. The van der Waals surface area contributed by atoms with Gasteiger partial charge in [-0.2, -0.15) is 0 Å². The normalized spacial score (nSPS) is 11.5. The number of hydrogen-bond donors (Lipinski definition) is 0. The number of anilines is 3. The van der Waals surface area contributed by atoms with Crippen LogP contribution in [-0.2, 0) is 0 Å². The number of furan rings is 2. The molecule has 0 spiro atoms. The van der Waals surface area contributed by atoms with Gasteiger partial charge in [-0.05, 0) is 93.5 Å². The first kappa shape index (κ1) is 32.8. The molecule has 2 heterocycles. The molecule has 0 radical (unpaired) electrons. The van der Waals surface area contributed by atoms with E-state index in [1.165, 1.54) is 0 Å². The van der Waals surface area contributed by atoms with Gasteiger partial charge in [0.1, 0.15) is 16.7 Å². The molecule has 0 saturated carbocycles. The van der Waals surface area contributed by atoms with Gasteiger partial charge in [0.15, 0.2) is 5.58 Å². The van der Waals surface area contributed by atoms with Crippen LogP contribution in [0.5, 0.6) is 0 Å². The highest BCUT2D eigenvalue weighted by Crippen LogP contribution is 2.49. The van der Waals surface area contributed by atoms with E-state index in [1.807, 2.05) is 12.1 Å². The quantitative estimate of drug-likeness (QED) is 0.164. The van der Waals surface area contributed by atoms with E-state index in [4.69, 9.17) is 8.83 Å². The van der Waals surface area contributed by atoms with Crippen molar-refractivity contribution in [2.45, 2.75) is 0 Å². The maximum Gasteiger partial charge on any atom is 0.159 e. The molecule has 0 aliphatic rings.